The van der Waals surface area contributed by atoms with Crippen LogP contribution in [0.25, 0.3) is 0 Å². The van der Waals surface area contributed by atoms with Gasteiger partial charge in [-0.25, -0.2) is 0 Å². The molecular weight excluding hydrogens is 392 g/mol. The van der Waals surface area contributed by atoms with Crippen LogP contribution in [0.1, 0.15) is 55.4 Å². The van der Waals surface area contributed by atoms with E-state index in [0.29, 0.717) is 12.3 Å². The van der Waals surface area contributed by atoms with Gasteiger partial charge in [0.25, 0.3) is 0 Å². The molecule has 3 aromatic carbocycles. The highest BCUT2D eigenvalue weighted by molar-refractivity contribution is 5.54. The van der Waals surface area contributed by atoms with Crippen molar-refractivity contribution in [3.8, 4) is 5.75 Å². The van der Waals surface area contributed by atoms with Gasteiger partial charge in [0.15, 0.2) is 0 Å². The van der Waals surface area contributed by atoms with Crippen molar-refractivity contribution in [3.63, 3.8) is 0 Å². The van der Waals surface area contributed by atoms with Gasteiger partial charge in [-0.15, -0.1) is 0 Å². The minimum Gasteiger partial charge on any atom is -0.487 e. The van der Waals surface area contributed by atoms with Crippen LogP contribution >= 0.6 is 0 Å². The van der Waals surface area contributed by atoms with Gasteiger partial charge in [-0.05, 0) is 66.6 Å². The molecule has 0 heterocycles. The zero-order chi connectivity index (χ0) is 22.6. The molecule has 0 fully saturated rings. The Morgan fingerprint density at radius 2 is 1.44 bits per heavy atom. The summed E-state index contributed by atoms with van der Waals surface area (Å²) in [4.78, 5) is 2.54. The van der Waals surface area contributed by atoms with Crippen LogP contribution in [0, 0.1) is 0 Å². The van der Waals surface area contributed by atoms with E-state index in [4.69, 9.17) is 10.5 Å². The van der Waals surface area contributed by atoms with E-state index in [1.165, 1.54) is 36.0 Å². The first-order valence-electron chi connectivity index (χ1n) is 12.0. The quantitative estimate of drug-likeness (QED) is 0.309. The number of nitrogens with two attached hydrogens (primary N) is 1. The second-order valence-corrected chi connectivity index (χ2v) is 8.59. The highest BCUT2D eigenvalue weighted by atomic mass is 16.5. The monoisotopic (exact) mass is 430 g/mol. The Kier molecular flexibility index (Phi) is 9.64. The lowest BCUT2D eigenvalue weighted by atomic mass is 10.1. The molecule has 0 bridgehead atoms. The first-order chi connectivity index (χ1) is 15.7. The molecule has 0 saturated heterocycles. The van der Waals surface area contributed by atoms with Crippen molar-refractivity contribution < 1.29 is 4.74 Å². The molecule has 3 heteroatoms. The van der Waals surface area contributed by atoms with Crippen molar-refractivity contribution in [2.24, 2.45) is 0 Å². The van der Waals surface area contributed by atoms with Crippen LogP contribution in [0.5, 0.6) is 5.75 Å². The van der Waals surface area contributed by atoms with E-state index in [-0.39, 0.29) is 0 Å². The second-order valence-electron chi connectivity index (χ2n) is 8.59. The minimum absolute atomic E-state index is 0.534. The largest absolute Gasteiger partial charge is 0.487 e. The van der Waals surface area contributed by atoms with Crippen LogP contribution in [0.4, 0.5) is 5.69 Å². The van der Waals surface area contributed by atoms with E-state index >= 15 is 0 Å². The maximum absolute atomic E-state index is 6.28. The first-order valence-corrected chi connectivity index (χ1v) is 12.0. The third kappa shape index (κ3) is 7.72. The molecule has 32 heavy (non-hydrogen) atoms. The molecule has 0 spiro atoms. The average Bonchev–Trinajstić information content (AvgIpc) is 2.82. The van der Waals surface area contributed by atoms with E-state index in [9.17, 15) is 0 Å². The Hall–Kier alpha value is -2.78. The highest BCUT2D eigenvalue weighted by Gasteiger charge is 2.08. The van der Waals surface area contributed by atoms with Gasteiger partial charge in [0.2, 0.25) is 0 Å². The van der Waals surface area contributed by atoms with Crippen molar-refractivity contribution in [2.45, 2.75) is 59.1 Å². The topological polar surface area (TPSA) is 38.5 Å². The van der Waals surface area contributed by atoms with Crippen molar-refractivity contribution in [3.05, 3.63) is 95.1 Å². The molecule has 0 atom stereocenters. The summed E-state index contributed by atoms with van der Waals surface area (Å²) in [6.45, 7) is 8.15. The number of nitrogens with zero attached hydrogens (tertiary/aromatic N) is 1. The van der Waals surface area contributed by atoms with Gasteiger partial charge in [-0.2, -0.15) is 0 Å². The van der Waals surface area contributed by atoms with Crippen LogP contribution in [-0.2, 0) is 26.0 Å². The smallest absolute Gasteiger partial charge is 0.142 e. The summed E-state index contributed by atoms with van der Waals surface area (Å²) in [7, 11) is 0. The molecule has 0 aliphatic carbocycles. The lowest BCUT2D eigenvalue weighted by molar-refractivity contribution is 0.269. The normalized spacial score (nSPS) is 11.1. The number of anilines is 1. The van der Waals surface area contributed by atoms with Crippen molar-refractivity contribution in [1.82, 2.24) is 4.90 Å². The molecule has 0 aliphatic rings. The Balaban J connectivity index is 1.52. The summed E-state index contributed by atoms with van der Waals surface area (Å²) >= 11 is 0. The van der Waals surface area contributed by atoms with E-state index in [1.807, 2.05) is 24.3 Å². The van der Waals surface area contributed by atoms with E-state index < -0.39 is 0 Å². The zero-order valence-electron chi connectivity index (χ0n) is 19.7. The van der Waals surface area contributed by atoms with Gasteiger partial charge in [0.05, 0.1) is 5.69 Å². The van der Waals surface area contributed by atoms with Crippen LogP contribution in [-0.4, -0.2) is 18.0 Å². The van der Waals surface area contributed by atoms with Gasteiger partial charge in [0, 0.05) is 13.1 Å². The standard InChI is InChI=1S/C29H38N2O/c1-3-5-9-24-12-14-26(15-13-24)22-31(19-4-2)20-18-25-16-17-29(28(30)21-25)32-23-27-10-7-6-8-11-27/h6-8,10-17,21H,3-5,9,18-20,22-23,30H2,1-2H3. The molecule has 0 saturated carbocycles. The summed E-state index contributed by atoms with van der Waals surface area (Å²) in [6, 6.07) is 25.6. The first kappa shape index (κ1) is 23.9. The Morgan fingerprint density at radius 1 is 0.719 bits per heavy atom. The van der Waals surface area contributed by atoms with E-state index in [0.717, 1.165) is 43.8 Å². The lowest BCUT2D eigenvalue weighted by Gasteiger charge is -2.22. The molecule has 0 amide bonds. The third-order valence-corrected chi connectivity index (χ3v) is 5.82. The molecule has 0 aromatic heterocycles. The fourth-order valence-electron chi connectivity index (χ4n) is 3.94. The molecule has 2 N–H and O–H groups in total. The fraction of sp³-hybridized carbons (Fsp3) is 0.379. The Labute approximate surface area is 194 Å². The molecule has 3 nitrogen and oxygen atoms in total. The predicted molar refractivity (Wildman–Crippen MR) is 136 cm³/mol. The van der Waals surface area contributed by atoms with Crippen LogP contribution in [0.3, 0.4) is 0 Å². The predicted octanol–water partition coefficient (Wildman–Crippen LogP) is 6.65. The fourth-order valence-corrected chi connectivity index (χ4v) is 3.94. The van der Waals surface area contributed by atoms with Crippen molar-refractivity contribution in [2.75, 3.05) is 18.8 Å². The van der Waals surface area contributed by atoms with Gasteiger partial charge in [-0.1, -0.05) is 80.9 Å². The number of benzene rings is 3. The van der Waals surface area contributed by atoms with Gasteiger partial charge < -0.3 is 10.5 Å². The van der Waals surface area contributed by atoms with Gasteiger partial charge in [0.1, 0.15) is 12.4 Å². The Bertz CT molecular complexity index is 922. The zero-order valence-corrected chi connectivity index (χ0v) is 19.7. The van der Waals surface area contributed by atoms with Crippen LogP contribution < -0.4 is 10.5 Å². The number of rotatable bonds is 13. The highest BCUT2D eigenvalue weighted by Crippen LogP contribution is 2.24. The van der Waals surface area contributed by atoms with E-state index in [1.54, 1.807) is 0 Å². The van der Waals surface area contributed by atoms with Crippen molar-refractivity contribution in [1.29, 1.82) is 0 Å². The Morgan fingerprint density at radius 3 is 2.12 bits per heavy atom. The molecule has 3 aromatic rings. The molecule has 3 rings (SSSR count). The summed E-state index contributed by atoms with van der Waals surface area (Å²) < 4.78 is 5.92. The maximum Gasteiger partial charge on any atom is 0.142 e. The number of hydrogen-bond donors (Lipinski definition) is 1. The number of nitrogen functional groups attached to an aromatic ring is 1. The number of hydrogen-bond acceptors (Lipinski definition) is 3. The third-order valence-electron chi connectivity index (χ3n) is 5.82. The molecule has 170 valence electrons. The van der Waals surface area contributed by atoms with Gasteiger partial charge >= 0.3 is 0 Å². The maximum atomic E-state index is 6.28. The lowest BCUT2D eigenvalue weighted by Crippen LogP contribution is -2.26. The van der Waals surface area contributed by atoms with Crippen molar-refractivity contribution >= 4 is 5.69 Å². The SMILES string of the molecule is CCCCc1ccc(CN(CCC)CCc2ccc(OCc3ccccc3)c(N)c2)cc1. The molecule has 0 aliphatic heterocycles. The number of ether oxygens (including phenoxy) is 1. The summed E-state index contributed by atoms with van der Waals surface area (Å²) in [6.07, 6.45) is 5.83. The molecular formula is C29H38N2O. The summed E-state index contributed by atoms with van der Waals surface area (Å²) in [5.74, 6) is 0.756. The molecule has 0 unspecified atom stereocenters. The van der Waals surface area contributed by atoms with Crippen LogP contribution in [0.15, 0.2) is 72.8 Å². The number of aryl methyl sites for hydroxylation is 1. The summed E-state index contributed by atoms with van der Waals surface area (Å²) in [5, 5.41) is 0. The second kappa shape index (κ2) is 12.9. The number of unbranched alkanes of at least 4 members (excludes halogenated alkanes) is 1. The van der Waals surface area contributed by atoms with Gasteiger partial charge in [-0.3, -0.25) is 4.90 Å². The molecule has 0 radical (unpaired) electrons. The minimum atomic E-state index is 0.534. The van der Waals surface area contributed by atoms with Crippen LogP contribution in [0.2, 0.25) is 0 Å². The summed E-state index contributed by atoms with van der Waals surface area (Å²) in [5.41, 5.74) is 12.2. The van der Waals surface area contributed by atoms with E-state index in [2.05, 4.69) is 67.3 Å². The average molecular weight is 431 g/mol.